The van der Waals surface area contributed by atoms with E-state index in [9.17, 15) is 17.6 Å². The van der Waals surface area contributed by atoms with E-state index in [4.69, 9.17) is 0 Å². The third-order valence-electron chi connectivity index (χ3n) is 5.71. The highest BCUT2D eigenvalue weighted by molar-refractivity contribution is 7.89. The van der Waals surface area contributed by atoms with Crippen LogP contribution in [0.3, 0.4) is 0 Å². The van der Waals surface area contributed by atoms with Gasteiger partial charge in [0.25, 0.3) is 0 Å². The second kappa shape index (κ2) is 10.2. The van der Waals surface area contributed by atoms with Crippen LogP contribution in [-0.4, -0.2) is 51.4 Å². The van der Waals surface area contributed by atoms with Crippen molar-refractivity contribution in [2.75, 3.05) is 37.6 Å². The summed E-state index contributed by atoms with van der Waals surface area (Å²) in [4.78, 5) is 14.5. The number of halogens is 1. The van der Waals surface area contributed by atoms with Gasteiger partial charge in [0.05, 0.1) is 0 Å². The number of nitrogens with zero attached hydrogens (tertiary/aromatic N) is 2. The topological polar surface area (TPSA) is 69.7 Å². The van der Waals surface area contributed by atoms with Gasteiger partial charge in [0.1, 0.15) is 10.7 Å². The largest absolute Gasteiger partial charge is 0.370 e. The van der Waals surface area contributed by atoms with Crippen molar-refractivity contribution in [2.24, 2.45) is 5.92 Å². The molecule has 0 spiro atoms. The van der Waals surface area contributed by atoms with Crippen LogP contribution in [0.2, 0.25) is 0 Å². The van der Waals surface area contributed by atoms with Crippen molar-refractivity contribution in [1.29, 1.82) is 0 Å². The standard InChI is InChI=1S/C23H30FN3O3S/c1-3-26(20-8-6-7-18(2)17-20)16-13-25-23(28)19-11-14-27(15-12-19)31(29,30)22-10-5-4-9-21(22)24/h4-10,17,19H,3,11-16H2,1-2H3,(H,25,28). The van der Waals surface area contributed by atoms with E-state index in [1.807, 2.05) is 6.07 Å². The number of hydrogen-bond acceptors (Lipinski definition) is 4. The molecule has 0 bridgehead atoms. The number of amides is 1. The lowest BCUT2D eigenvalue weighted by Crippen LogP contribution is -2.44. The number of nitrogens with one attached hydrogen (secondary N) is 1. The molecule has 0 radical (unpaired) electrons. The summed E-state index contributed by atoms with van der Waals surface area (Å²) in [5.74, 6) is -1.04. The molecule has 6 nitrogen and oxygen atoms in total. The van der Waals surface area contributed by atoms with E-state index in [0.29, 0.717) is 25.9 Å². The fraction of sp³-hybridized carbons (Fsp3) is 0.435. The van der Waals surface area contributed by atoms with Crippen molar-refractivity contribution in [3.8, 4) is 0 Å². The first kappa shape index (κ1) is 23.2. The van der Waals surface area contributed by atoms with Gasteiger partial charge in [-0.05, 0) is 56.5 Å². The summed E-state index contributed by atoms with van der Waals surface area (Å²) in [6, 6.07) is 13.6. The smallest absolute Gasteiger partial charge is 0.245 e. The Kier molecular flexibility index (Phi) is 7.67. The minimum absolute atomic E-state index is 0.0526. The normalized spacial score (nSPS) is 15.6. The van der Waals surface area contributed by atoms with Gasteiger partial charge >= 0.3 is 0 Å². The van der Waals surface area contributed by atoms with Crippen LogP contribution in [0.15, 0.2) is 53.4 Å². The predicted octanol–water partition coefficient (Wildman–Crippen LogP) is 3.18. The molecule has 3 rings (SSSR count). The Morgan fingerprint density at radius 3 is 2.52 bits per heavy atom. The molecule has 0 aliphatic carbocycles. The van der Waals surface area contributed by atoms with Crippen LogP contribution in [0.5, 0.6) is 0 Å². The maximum absolute atomic E-state index is 13.9. The molecule has 0 unspecified atom stereocenters. The molecule has 0 saturated carbocycles. The van der Waals surface area contributed by atoms with Gasteiger partial charge in [-0.2, -0.15) is 4.31 Å². The van der Waals surface area contributed by atoms with Crippen molar-refractivity contribution in [3.05, 3.63) is 59.9 Å². The van der Waals surface area contributed by atoms with Crippen molar-refractivity contribution in [1.82, 2.24) is 9.62 Å². The molecule has 2 aromatic rings. The maximum atomic E-state index is 13.9. The number of likely N-dealkylation sites (N-methyl/N-ethyl adjacent to an activating group) is 1. The first-order chi connectivity index (χ1) is 14.8. The molecule has 2 aromatic carbocycles. The Balaban J connectivity index is 1.49. The number of anilines is 1. The van der Waals surface area contributed by atoms with Gasteiger partial charge in [-0.1, -0.05) is 24.3 Å². The van der Waals surface area contributed by atoms with Gasteiger partial charge in [-0.25, -0.2) is 12.8 Å². The first-order valence-electron chi connectivity index (χ1n) is 10.7. The third-order valence-corrected chi connectivity index (χ3v) is 7.64. The summed E-state index contributed by atoms with van der Waals surface area (Å²) in [6.45, 7) is 6.61. The Hall–Kier alpha value is -2.45. The average Bonchev–Trinajstić information content (AvgIpc) is 2.77. The molecule has 8 heteroatoms. The molecular formula is C23H30FN3O3S. The van der Waals surface area contributed by atoms with Gasteiger partial charge in [0, 0.05) is 44.3 Å². The third kappa shape index (κ3) is 5.62. The van der Waals surface area contributed by atoms with E-state index < -0.39 is 15.8 Å². The monoisotopic (exact) mass is 447 g/mol. The van der Waals surface area contributed by atoms with Crippen molar-refractivity contribution < 1.29 is 17.6 Å². The fourth-order valence-electron chi connectivity index (χ4n) is 3.90. The molecule has 1 fully saturated rings. The number of carbonyl (C=O) groups excluding carboxylic acids is 1. The number of hydrogen-bond donors (Lipinski definition) is 1. The predicted molar refractivity (Wildman–Crippen MR) is 120 cm³/mol. The van der Waals surface area contributed by atoms with Crippen LogP contribution in [0.25, 0.3) is 0 Å². The second-order valence-electron chi connectivity index (χ2n) is 7.82. The molecular weight excluding hydrogens is 417 g/mol. The number of sulfonamides is 1. The summed E-state index contributed by atoms with van der Waals surface area (Å²) < 4.78 is 40.6. The number of piperidine rings is 1. The van der Waals surface area contributed by atoms with Gasteiger partial charge in [0.15, 0.2) is 0 Å². The number of aryl methyl sites for hydroxylation is 1. The van der Waals surface area contributed by atoms with E-state index in [1.54, 1.807) is 0 Å². The zero-order valence-corrected chi connectivity index (χ0v) is 18.9. The van der Waals surface area contributed by atoms with Crippen LogP contribution < -0.4 is 10.2 Å². The lowest BCUT2D eigenvalue weighted by atomic mass is 9.97. The molecule has 31 heavy (non-hydrogen) atoms. The zero-order valence-electron chi connectivity index (χ0n) is 18.1. The zero-order chi connectivity index (χ0) is 22.4. The summed E-state index contributed by atoms with van der Waals surface area (Å²) >= 11 is 0. The molecule has 1 aliphatic heterocycles. The maximum Gasteiger partial charge on any atom is 0.245 e. The number of carbonyl (C=O) groups is 1. The summed E-state index contributed by atoms with van der Waals surface area (Å²) in [7, 11) is -3.89. The Bertz CT molecular complexity index is 1000. The highest BCUT2D eigenvalue weighted by atomic mass is 32.2. The Morgan fingerprint density at radius 1 is 1.16 bits per heavy atom. The van der Waals surface area contributed by atoms with E-state index in [1.165, 1.54) is 28.1 Å². The number of rotatable bonds is 8. The van der Waals surface area contributed by atoms with Crippen molar-refractivity contribution in [3.63, 3.8) is 0 Å². The van der Waals surface area contributed by atoms with E-state index >= 15 is 0 Å². The lowest BCUT2D eigenvalue weighted by molar-refractivity contribution is -0.126. The molecule has 1 amide bonds. The quantitative estimate of drug-likeness (QED) is 0.675. The van der Waals surface area contributed by atoms with E-state index in [-0.39, 0.29) is 29.8 Å². The Labute approximate surface area is 184 Å². The molecule has 1 N–H and O–H groups in total. The van der Waals surface area contributed by atoms with E-state index in [0.717, 1.165) is 18.3 Å². The molecule has 168 valence electrons. The first-order valence-corrected chi connectivity index (χ1v) is 12.1. The van der Waals surface area contributed by atoms with Crippen LogP contribution in [-0.2, 0) is 14.8 Å². The molecule has 1 saturated heterocycles. The summed E-state index contributed by atoms with van der Waals surface area (Å²) in [6.07, 6.45) is 0.851. The van der Waals surface area contributed by atoms with E-state index in [2.05, 4.69) is 42.3 Å². The summed E-state index contributed by atoms with van der Waals surface area (Å²) in [5.41, 5.74) is 2.32. The number of benzene rings is 2. The molecule has 1 aliphatic rings. The van der Waals surface area contributed by atoms with Crippen molar-refractivity contribution >= 4 is 21.6 Å². The highest BCUT2D eigenvalue weighted by Crippen LogP contribution is 2.25. The van der Waals surface area contributed by atoms with Crippen LogP contribution >= 0.6 is 0 Å². The SMILES string of the molecule is CCN(CCNC(=O)C1CCN(S(=O)(=O)c2ccccc2F)CC1)c1cccc(C)c1. The molecule has 0 aromatic heterocycles. The van der Waals surface area contributed by atoms with Gasteiger partial charge < -0.3 is 10.2 Å². The van der Waals surface area contributed by atoms with Crippen LogP contribution in [0.1, 0.15) is 25.3 Å². The van der Waals surface area contributed by atoms with Gasteiger partial charge in [-0.15, -0.1) is 0 Å². The fourth-order valence-corrected chi connectivity index (χ4v) is 5.44. The average molecular weight is 448 g/mol. The summed E-state index contributed by atoms with van der Waals surface area (Å²) in [5, 5.41) is 2.99. The van der Waals surface area contributed by atoms with Crippen LogP contribution in [0, 0.1) is 18.7 Å². The Morgan fingerprint density at radius 2 is 1.87 bits per heavy atom. The van der Waals surface area contributed by atoms with Crippen molar-refractivity contribution in [2.45, 2.75) is 31.6 Å². The molecule has 1 heterocycles. The minimum atomic E-state index is -3.89. The highest BCUT2D eigenvalue weighted by Gasteiger charge is 2.33. The van der Waals surface area contributed by atoms with Gasteiger partial charge in [-0.3, -0.25) is 4.79 Å². The lowest BCUT2D eigenvalue weighted by Gasteiger charge is -2.31. The second-order valence-corrected chi connectivity index (χ2v) is 9.72. The van der Waals surface area contributed by atoms with Crippen LogP contribution in [0.4, 0.5) is 10.1 Å². The molecule has 0 atom stereocenters. The van der Waals surface area contributed by atoms with Gasteiger partial charge in [0.2, 0.25) is 15.9 Å². The minimum Gasteiger partial charge on any atom is -0.370 e.